The summed E-state index contributed by atoms with van der Waals surface area (Å²) in [4.78, 5) is 20.4. The molecule has 2 unspecified atom stereocenters. The Morgan fingerprint density at radius 2 is 2.21 bits per heavy atom. The van der Waals surface area contributed by atoms with Gasteiger partial charge in [0.25, 0.3) is 0 Å². The largest absolute Gasteiger partial charge is 0.374 e. The van der Waals surface area contributed by atoms with E-state index in [2.05, 4.69) is 9.97 Å². The molecule has 1 aromatic heterocycles. The number of hydrogen-bond acceptors (Lipinski definition) is 4. The number of carbonyl (C=O) groups excluding carboxylic acids is 1. The van der Waals surface area contributed by atoms with Crippen molar-refractivity contribution >= 4 is 5.78 Å². The molecule has 2 heterocycles. The number of ketones is 1. The molecular weight excluding hydrogens is 240 g/mol. The zero-order valence-electron chi connectivity index (χ0n) is 11.6. The van der Waals surface area contributed by atoms with Crippen LogP contribution in [0.15, 0.2) is 18.6 Å². The van der Waals surface area contributed by atoms with Crippen LogP contribution in [0.25, 0.3) is 0 Å². The summed E-state index contributed by atoms with van der Waals surface area (Å²) in [6.45, 7) is 4.77. The van der Waals surface area contributed by atoms with Gasteiger partial charge in [-0.15, -0.1) is 0 Å². The fourth-order valence-corrected chi connectivity index (χ4v) is 3.53. The summed E-state index contributed by atoms with van der Waals surface area (Å²) in [5.41, 5.74) is 0.629. The van der Waals surface area contributed by atoms with Crippen molar-refractivity contribution in [3.8, 4) is 0 Å². The first-order valence-corrected chi connectivity index (χ1v) is 6.94. The lowest BCUT2D eigenvalue weighted by molar-refractivity contribution is -0.139. The van der Waals surface area contributed by atoms with E-state index < -0.39 is 0 Å². The molecule has 1 aliphatic carbocycles. The van der Waals surface area contributed by atoms with Crippen LogP contribution in [0.4, 0.5) is 0 Å². The number of nitrogens with zero attached hydrogens (tertiary/aromatic N) is 2. The summed E-state index contributed by atoms with van der Waals surface area (Å²) in [5, 5.41) is 0. The van der Waals surface area contributed by atoms with Crippen molar-refractivity contribution in [2.24, 2.45) is 5.41 Å². The Kier molecular flexibility index (Phi) is 2.93. The Bertz CT molecular complexity index is 486. The molecule has 4 heteroatoms. The Balaban J connectivity index is 1.77. The Morgan fingerprint density at radius 3 is 2.89 bits per heavy atom. The zero-order valence-corrected chi connectivity index (χ0v) is 11.6. The predicted octanol–water partition coefficient (Wildman–Crippen LogP) is 2.50. The van der Waals surface area contributed by atoms with Gasteiger partial charge in [-0.2, -0.15) is 0 Å². The molecule has 19 heavy (non-hydrogen) atoms. The van der Waals surface area contributed by atoms with Gasteiger partial charge in [-0.3, -0.25) is 14.8 Å². The maximum absolute atomic E-state index is 11.9. The third-order valence-electron chi connectivity index (χ3n) is 4.54. The zero-order chi connectivity index (χ0) is 13.5. The molecule has 1 saturated carbocycles. The average molecular weight is 260 g/mol. The minimum absolute atomic E-state index is 0.125. The van der Waals surface area contributed by atoms with Gasteiger partial charge in [0.1, 0.15) is 5.78 Å². The van der Waals surface area contributed by atoms with Gasteiger partial charge in [0.2, 0.25) is 0 Å². The highest BCUT2D eigenvalue weighted by atomic mass is 16.5. The minimum Gasteiger partial charge on any atom is -0.374 e. The summed E-state index contributed by atoms with van der Waals surface area (Å²) in [6, 6.07) is 0. The van der Waals surface area contributed by atoms with Crippen LogP contribution in [0.3, 0.4) is 0 Å². The topological polar surface area (TPSA) is 52.1 Å². The van der Waals surface area contributed by atoms with Crippen LogP contribution in [0.2, 0.25) is 0 Å². The van der Waals surface area contributed by atoms with E-state index in [0.717, 1.165) is 25.0 Å². The van der Waals surface area contributed by atoms with Crippen molar-refractivity contribution in [3.63, 3.8) is 0 Å². The molecule has 0 aromatic carbocycles. The van der Waals surface area contributed by atoms with Crippen molar-refractivity contribution in [3.05, 3.63) is 24.3 Å². The van der Waals surface area contributed by atoms with E-state index in [4.69, 9.17) is 4.74 Å². The fourth-order valence-electron chi connectivity index (χ4n) is 3.53. The first kappa shape index (κ1) is 12.7. The van der Waals surface area contributed by atoms with E-state index in [9.17, 15) is 4.79 Å². The second kappa shape index (κ2) is 4.37. The molecule has 2 aliphatic rings. The van der Waals surface area contributed by atoms with Crippen LogP contribution in [0.5, 0.6) is 0 Å². The molecule has 2 fully saturated rings. The molecule has 2 atom stereocenters. The highest BCUT2D eigenvalue weighted by Gasteiger charge is 2.49. The molecule has 0 bridgehead atoms. The van der Waals surface area contributed by atoms with E-state index in [1.54, 1.807) is 12.4 Å². The van der Waals surface area contributed by atoms with E-state index in [0.29, 0.717) is 24.7 Å². The molecule has 1 spiro atoms. The Labute approximate surface area is 113 Å². The number of aromatic nitrogens is 2. The average Bonchev–Trinajstić information content (AvgIpc) is 2.79. The predicted molar refractivity (Wildman–Crippen MR) is 70.7 cm³/mol. The smallest absolute Gasteiger partial charge is 0.138 e. The van der Waals surface area contributed by atoms with Gasteiger partial charge in [-0.1, -0.05) is 13.8 Å². The number of ether oxygens (including phenoxy) is 1. The maximum Gasteiger partial charge on any atom is 0.138 e. The minimum atomic E-state index is -0.254. The number of rotatable bonds is 1. The molecule has 3 rings (SSSR count). The maximum atomic E-state index is 11.9. The van der Waals surface area contributed by atoms with Gasteiger partial charge in [-0.25, -0.2) is 0 Å². The third-order valence-corrected chi connectivity index (χ3v) is 4.54. The number of Topliss-reactive ketones (excluding diaryl/α,β-unsaturated/α-hetero) is 1. The van der Waals surface area contributed by atoms with Crippen molar-refractivity contribution in [1.82, 2.24) is 9.97 Å². The van der Waals surface area contributed by atoms with Crippen LogP contribution < -0.4 is 0 Å². The van der Waals surface area contributed by atoms with Crippen molar-refractivity contribution in [2.75, 3.05) is 6.61 Å². The van der Waals surface area contributed by atoms with E-state index in [1.165, 1.54) is 0 Å². The molecule has 1 saturated heterocycles. The van der Waals surface area contributed by atoms with Crippen molar-refractivity contribution < 1.29 is 9.53 Å². The van der Waals surface area contributed by atoms with Gasteiger partial charge < -0.3 is 4.74 Å². The SMILES string of the molecule is CC1(C)CC2(CCC1=O)CC(c1cnccn1)CO2. The van der Waals surface area contributed by atoms with Gasteiger partial charge in [-0.05, 0) is 19.3 Å². The van der Waals surface area contributed by atoms with E-state index in [1.807, 2.05) is 20.0 Å². The van der Waals surface area contributed by atoms with Crippen molar-refractivity contribution in [2.45, 2.75) is 51.0 Å². The van der Waals surface area contributed by atoms with Crippen molar-refractivity contribution in [1.29, 1.82) is 0 Å². The summed E-state index contributed by atoms with van der Waals surface area (Å²) in [6.07, 6.45) is 8.53. The van der Waals surface area contributed by atoms with Crippen LogP contribution in [-0.2, 0) is 9.53 Å². The summed E-state index contributed by atoms with van der Waals surface area (Å²) < 4.78 is 6.11. The lowest BCUT2D eigenvalue weighted by Gasteiger charge is -2.40. The first-order valence-electron chi connectivity index (χ1n) is 6.94. The van der Waals surface area contributed by atoms with Gasteiger partial charge in [0, 0.05) is 36.3 Å². The summed E-state index contributed by atoms with van der Waals surface area (Å²) >= 11 is 0. The van der Waals surface area contributed by atoms with Gasteiger partial charge in [0.15, 0.2) is 0 Å². The molecule has 0 radical (unpaired) electrons. The second-order valence-electron chi connectivity index (χ2n) is 6.51. The van der Waals surface area contributed by atoms with Crippen LogP contribution >= 0.6 is 0 Å². The van der Waals surface area contributed by atoms with E-state index >= 15 is 0 Å². The van der Waals surface area contributed by atoms with Gasteiger partial charge in [0.05, 0.1) is 17.9 Å². The summed E-state index contributed by atoms with van der Waals surface area (Å²) in [5.74, 6) is 0.683. The Hall–Kier alpha value is -1.29. The highest BCUT2D eigenvalue weighted by Crippen LogP contribution is 2.49. The molecule has 0 amide bonds. The molecule has 4 nitrogen and oxygen atoms in total. The number of carbonyl (C=O) groups is 1. The lowest BCUT2D eigenvalue weighted by Crippen LogP contribution is -2.43. The monoisotopic (exact) mass is 260 g/mol. The summed E-state index contributed by atoms with van der Waals surface area (Å²) in [7, 11) is 0. The van der Waals surface area contributed by atoms with Crippen LogP contribution in [0.1, 0.15) is 51.1 Å². The normalized spacial score (nSPS) is 33.8. The van der Waals surface area contributed by atoms with E-state index in [-0.39, 0.29) is 11.0 Å². The molecule has 0 N–H and O–H groups in total. The molecule has 1 aromatic rings. The molecule has 102 valence electrons. The number of hydrogen-bond donors (Lipinski definition) is 0. The Morgan fingerprint density at radius 1 is 1.37 bits per heavy atom. The fraction of sp³-hybridized carbons (Fsp3) is 0.667. The van der Waals surface area contributed by atoms with Gasteiger partial charge >= 0.3 is 0 Å². The standard InChI is InChI=1S/C15H20N2O2/c1-14(2)10-15(4-3-13(14)18)7-11(9-19-15)12-8-16-5-6-17-12/h5-6,8,11H,3-4,7,9-10H2,1-2H3. The van der Waals surface area contributed by atoms with Crippen LogP contribution in [0, 0.1) is 5.41 Å². The lowest BCUT2D eigenvalue weighted by atomic mass is 9.67. The first-order chi connectivity index (χ1) is 9.01. The quantitative estimate of drug-likeness (QED) is 0.778. The third kappa shape index (κ3) is 2.29. The van der Waals surface area contributed by atoms with Crippen LogP contribution in [-0.4, -0.2) is 28.0 Å². The highest BCUT2D eigenvalue weighted by molar-refractivity contribution is 5.85. The second-order valence-corrected chi connectivity index (χ2v) is 6.51. The molecule has 1 aliphatic heterocycles. The molecular formula is C15H20N2O2.